The van der Waals surface area contributed by atoms with E-state index in [0.717, 1.165) is 26.5 Å². The quantitative estimate of drug-likeness (QED) is 0.351. The summed E-state index contributed by atoms with van der Waals surface area (Å²) in [5.74, 6) is -1.07. The Hall–Kier alpha value is -3.44. The number of sulfonamides is 1. The van der Waals surface area contributed by atoms with Crippen molar-refractivity contribution in [3.8, 4) is 5.75 Å². The number of amides is 2. The van der Waals surface area contributed by atoms with Crippen molar-refractivity contribution in [2.45, 2.75) is 31.3 Å². The van der Waals surface area contributed by atoms with Crippen molar-refractivity contribution >= 4 is 43.5 Å². The van der Waals surface area contributed by atoms with Gasteiger partial charge in [0.15, 0.2) is 0 Å². The molecular formula is C27H29BrFN3O5S. The average molecular weight is 607 g/mol. The van der Waals surface area contributed by atoms with Gasteiger partial charge in [-0.1, -0.05) is 28.1 Å². The van der Waals surface area contributed by atoms with Crippen LogP contribution < -0.4 is 14.4 Å². The SMILES string of the molecule is CCOc1ccc(S(=O)(=O)N(CC(=O)N(Cc2ccc(Br)cc2)C(C)C(=O)NC)c2ccc(F)cc2)cc1. The first-order valence-electron chi connectivity index (χ1n) is 11.8. The van der Waals surface area contributed by atoms with Crippen molar-refractivity contribution < 1.29 is 27.1 Å². The first-order chi connectivity index (χ1) is 18.1. The van der Waals surface area contributed by atoms with Crippen LogP contribution in [-0.2, 0) is 26.2 Å². The van der Waals surface area contributed by atoms with Crippen molar-refractivity contribution in [2.24, 2.45) is 0 Å². The van der Waals surface area contributed by atoms with E-state index in [1.807, 2.05) is 19.1 Å². The summed E-state index contributed by atoms with van der Waals surface area (Å²) in [6, 6.07) is 17.0. The van der Waals surface area contributed by atoms with E-state index in [0.29, 0.717) is 12.4 Å². The number of benzene rings is 3. The number of anilines is 1. The highest BCUT2D eigenvalue weighted by Gasteiger charge is 2.32. The van der Waals surface area contributed by atoms with Gasteiger partial charge < -0.3 is 15.0 Å². The zero-order valence-electron chi connectivity index (χ0n) is 21.2. The van der Waals surface area contributed by atoms with Crippen LogP contribution >= 0.6 is 15.9 Å². The van der Waals surface area contributed by atoms with E-state index in [-0.39, 0.29) is 17.1 Å². The van der Waals surface area contributed by atoms with Gasteiger partial charge in [0.1, 0.15) is 24.2 Å². The first-order valence-corrected chi connectivity index (χ1v) is 14.1. The van der Waals surface area contributed by atoms with Crippen LogP contribution in [0.4, 0.5) is 10.1 Å². The average Bonchev–Trinajstić information content (AvgIpc) is 2.91. The molecule has 0 fully saturated rings. The van der Waals surface area contributed by atoms with Crippen LogP contribution in [0, 0.1) is 5.82 Å². The third kappa shape index (κ3) is 7.11. The Labute approximate surface area is 230 Å². The summed E-state index contributed by atoms with van der Waals surface area (Å²) in [7, 11) is -2.80. The zero-order valence-corrected chi connectivity index (χ0v) is 23.6. The van der Waals surface area contributed by atoms with Crippen LogP contribution in [0.1, 0.15) is 19.4 Å². The lowest BCUT2D eigenvalue weighted by Gasteiger charge is -2.31. The maximum Gasteiger partial charge on any atom is 0.264 e. The predicted octanol–water partition coefficient (Wildman–Crippen LogP) is 4.35. The molecule has 1 N–H and O–H groups in total. The minimum atomic E-state index is -4.26. The molecule has 0 heterocycles. The molecule has 2 amide bonds. The minimum absolute atomic E-state index is 0.0705. The Morgan fingerprint density at radius 1 is 1.00 bits per heavy atom. The number of likely N-dealkylation sites (N-methyl/N-ethyl adjacent to an activating group) is 1. The van der Waals surface area contributed by atoms with E-state index in [1.165, 1.54) is 48.3 Å². The molecule has 0 aromatic heterocycles. The zero-order chi connectivity index (χ0) is 27.9. The van der Waals surface area contributed by atoms with E-state index in [4.69, 9.17) is 4.74 Å². The minimum Gasteiger partial charge on any atom is -0.494 e. The van der Waals surface area contributed by atoms with Crippen molar-refractivity contribution in [1.82, 2.24) is 10.2 Å². The fraction of sp³-hybridized carbons (Fsp3) is 0.259. The molecule has 8 nitrogen and oxygen atoms in total. The number of halogens is 2. The second kappa shape index (κ2) is 12.9. The summed E-state index contributed by atoms with van der Waals surface area (Å²) < 4.78 is 48.3. The lowest BCUT2D eigenvalue weighted by atomic mass is 10.1. The molecule has 0 spiro atoms. The lowest BCUT2D eigenvalue weighted by molar-refractivity contribution is -0.139. The summed E-state index contributed by atoms with van der Waals surface area (Å²) in [6.45, 7) is 3.26. The Bertz CT molecular complexity index is 1350. The van der Waals surface area contributed by atoms with Crippen molar-refractivity contribution in [3.63, 3.8) is 0 Å². The van der Waals surface area contributed by atoms with E-state index in [9.17, 15) is 22.4 Å². The number of ether oxygens (including phenoxy) is 1. The van der Waals surface area contributed by atoms with E-state index >= 15 is 0 Å². The number of hydrogen-bond donors (Lipinski definition) is 1. The molecule has 3 aromatic rings. The van der Waals surface area contributed by atoms with E-state index in [1.54, 1.807) is 19.1 Å². The molecule has 3 rings (SSSR count). The maximum absolute atomic E-state index is 13.7. The highest BCUT2D eigenvalue weighted by atomic mass is 79.9. The summed E-state index contributed by atoms with van der Waals surface area (Å²) >= 11 is 3.37. The van der Waals surface area contributed by atoms with Gasteiger partial charge in [-0.25, -0.2) is 12.8 Å². The molecule has 0 aliphatic heterocycles. The molecular weight excluding hydrogens is 577 g/mol. The molecule has 38 heavy (non-hydrogen) atoms. The van der Waals surface area contributed by atoms with Gasteiger partial charge in [0.05, 0.1) is 17.2 Å². The van der Waals surface area contributed by atoms with Crippen molar-refractivity contribution in [1.29, 1.82) is 0 Å². The number of nitrogens with zero attached hydrogens (tertiary/aromatic N) is 2. The molecule has 0 aliphatic rings. The van der Waals surface area contributed by atoms with Gasteiger partial charge in [-0.2, -0.15) is 0 Å². The van der Waals surface area contributed by atoms with E-state index in [2.05, 4.69) is 21.2 Å². The van der Waals surface area contributed by atoms with Gasteiger partial charge in [0.25, 0.3) is 10.0 Å². The maximum atomic E-state index is 13.7. The monoisotopic (exact) mass is 605 g/mol. The number of carbonyl (C=O) groups is 2. The van der Waals surface area contributed by atoms with Gasteiger partial charge in [-0.15, -0.1) is 0 Å². The predicted molar refractivity (Wildman–Crippen MR) is 147 cm³/mol. The van der Waals surface area contributed by atoms with Crippen LogP contribution in [0.2, 0.25) is 0 Å². The van der Waals surface area contributed by atoms with Crippen LogP contribution in [0.3, 0.4) is 0 Å². The highest BCUT2D eigenvalue weighted by molar-refractivity contribution is 9.10. The largest absolute Gasteiger partial charge is 0.494 e. The number of rotatable bonds is 11. The standard InChI is InChI=1S/C27H29BrFN3O5S/c1-4-37-24-13-15-25(16-14-24)38(35,36)32(23-11-9-22(29)10-12-23)18-26(33)31(19(2)27(34)30-3)17-20-5-7-21(28)8-6-20/h5-16,19H,4,17-18H2,1-3H3,(H,30,34). The van der Waals surface area contributed by atoms with Gasteiger partial charge in [0.2, 0.25) is 11.8 Å². The number of carbonyl (C=O) groups excluding carboxylic acids is 2. The summed E-state index contributed by atoms with van der Waals surface area (Å²) in [6.07, 6.45) is 0. The molecule has 0 aliphatic carbocycles. The Balaban J connectivity index is 2.00. The molecule has 1 atom stereocenters. The Kier molecular flexibility index (Phi) is 9.87. The molecule has 1 unspecified atom stereocenters. The van der Waals surface area contributed by atoms with Gasteiger partial charge in [-0.05, 0) is 80.1 Å². The second-order valence-electron chi connectivity index (χ2n) is 8.33. The van der Waals surface area contributed by atoms with Crippen LogP contribution in [0.15, 0.2) is 82.2 Å². The summed E-state index contributed by atoms with van der Waals surface area (Å²) in [5, 5.41) is 2.53. The fourth-order valence-corrected chi connectivity index (χ4v) is 5.39. The first kappa shape index (κ1) is 29.1. The molecule has 0 saturated heterocycles. The van der Waals surface area contributed by atoms with Gasteiger partial charge in [-0.3, -0.25) is 13.9 Å². The smallest absolute Gasteiger partial charge is 0.264 e. The topological polar surface area (TPSA) is 96.0 Å². The van der Waals surface area contributed by atoms with Crippen molar-refractivity contribution in [3.05, 3.63) is 88.6 Å². The van der Waals surface area contributed by atoms with E-state index < -0.39 is 40.2 Å². The summed E-state index contributed by atoms with van der Waals surface area (Å²) in [4.78, 5) is 27.4. The normalized spacial score (nSPS) is 11.9. The van der Waals surface area contributed by atoms with Gasteiger partial charge in [0, 0.05) is 18.1 Å². The van der Waals surface area contributed by atoms with Crippen LogP contribution in [-0.4, -0.2) is 51.4 Å². The third-order valence-corrected chi connectivity index (χ3v) is 8.11. The Morgan fingerprint density at radius 3 is 2.16 bits per heavy atom. The molecule has 0 saturated carbocycles. The van der Waals surface area contributed by atoms with Crippen LogP contribution in [0.25, 0.3) is 0 Å². The van der Waals surface area contributed by atoms with Crippen molar-refractivity contribution in [2.75, 3.05) is 24.5 Å². The fourth-order valence-electron chi connectivity index (χ4n) is 3.72. The molecule has 202 valence electrons. The number of hydrogen-bond acceptors (Lipinski definition) is 5. The molecule has 0 radical (unpaired) electrons. The number of nitrogens with one attached hydrogen (secondary N) is 1. The third-order valence-electron chi connectivity index (χ3n) is 5.80. The molecule has 3 aromatic carbocycles. The highest BCUT2D eigenvalue weighted by Crippen LogP contribution is 2.26. The summed E-state index contributed by atoms with van der Waals surface area (Å²) in [5.41, 5.74) is 0.852. The molecule has 0 bridgehead atoms. The van der Waals surface area contributed by atoms with Gasteiger partial charge >= 0.3 is 0 Å². The Morgan fingerprint density at radius 2 is 1.61 bits per heavy atom. The second-order valence-corrected chi connectivity index (χ2v) is 11.1. The molecule has 11 heteroatoms. The lowest BCUT2D eigenvalue weighted by Crippen LogP contribution is -2.50. The van der Waals surface area contributed by atoms with Crippen LogP contribution in [0.5, 0.6) is 5.75 Å².